The van der Waals surface area contributed by atoms with Crippen molar-refractivity contribution >= 4 is 11.6 Å². The van der Waals surface area contributed by atoms with E-state index in [4.69, 9.17) is 17.3 Å². The van der Waals surface area contributed by atoms with Gasteiger partial charge < -0.3 is 11.1 Å². The lowest BCUT2D eigenvalue weighted by Crippen LogP contribution is -2.20. The molecule has 0 aromatic carbocycles. The zero-order chi connectivity index (χ0) is 12.0. The molecule has 1 aromatic heterocycles. The summed E-state index contributed by atoms with van der Waals surface area (Å²) in [5, 5.41) is 8.61. The molecule has 16 heavy (non-hydrogen) atoms. The lowest BCUT2D eigenvalue weighted by Gasteiger charge is -2.06. The number of hydrogen-bond donors (Lipinski definition) is 2. The van der Waals surface area contributed by atoms with Gasteiger partial charge in [0, 0.05) is 13.1 Å². The first-order valence-corrected chi connectivity index (χ1v) is 6.27. The van der Waals surface area contributed by atoms with E-state index in [-0.39, 0.29) is 0 Å². The summed E-state index contributed by atoms with van der Waals surface area (Å²) in [4.78, 5) is 0. The minimum absolute atomic E-state index is 0.716. The summed E-state index contributed by atoms with van der Waals surface area (Å²) in [7, 11) is 0. The van der Waals surface area contributed by atoms with E-state index in [0.29, 0.717) is 6.54 Å². The van der Waals surface area contributed by atoms with E-state index in [1.165, 1.54) is 0 Å². The highest BCUT2D eigenvalue weighted by atomic mass is 35.5. The SMILES string of the molecule is CCc1nn(CC)c(CNCCCN)c1Cl. The van der Waals surface area contributed by atoms with Crippen LogP contribution in [0.3, 0.4) is 0 Å². The second kappa shape index (κ2) is 6.89. The van der Waals surface area contributed by atoms with Gasteiger partial charge in [-0.3, -0.25) is 4.68 Å². The van der Waals surface area contributed by atoms with Gasteiger partial charge in [0.2, 0.25) is 0 Å². The van der Waals surface area contributed by atoms with Crippen molar-refractivity contribution in [2.24, 2.45) is 5.73 Å². The van der Waals surface area contributed by atoms with Gasteiger partial charge in [0.15, 0.2) is 0 Å². The van der Waals surface area contributed by atoms with Gasteiger partial charge in [-0.15, -0.1) is 0 Å². The predicted molar refractivity (Wildman–Crippen MR) is 67.7 cm³/mol. The number of hydrogen-bond acceptors (Lipinski definition) is 3. The van der Waals surface area contributed by atoms with Gasteiger partial charge >= 0.3 is 0 Å². The molecule has 0 saturated carbocycles. The lowest BCUT2D eigenvalue weighted by atomic mass is 10.3. The Morgan fingerprint density at radius 3 is 2.75 bits per heavy atom. The van der Waals surface area contributed by atoms with Crippen LogP contribution in [0.15, 0.2) is 0 Å². The summed E-state index contributed by atoms with van der Waals surface area (Å²) in [5.41, 5.74) is 7.50. The third kappa shape index (κ3) is 3.20. The number of aryl methyl sites for hydroxylation is 2. The fourth-order valence-corrected chi connectivity index (χ4v) is 1.96. The molecule has 0 aliphatic carbocycles. The van der Waals surface area contributed by atoms with Crippen molar-refractivity contribution < 1.29 is 0 Å². The molecule has 0 unspecified atom stereocenters. The number of rotatable bonds is 7. The largest absolute Gasteiger partial charge is 0.330 e. The van der Waals surface area contributed by atoms with Crippen molar-refractivity contribution in [2.75, 3.05) is 13.1 Å². The number of nitrogens with one attached hydrogen (secondary N) is 1. The van der Waals surface area contributed by atoms with E-state index in [0.717, 1.165) is 48.9 Å². The number of nitrogens with zero attached hydrogens (tertiary/aromatic N) is 2. The minimum Gasteiger partial charge on any atom is -0.330 e. The average molecular weight is 245 g/mol. The van der Waals surface area contributed by atoms with E-state index in [1.807, 2.05) is 4.68 Å². The average Bonchev–Trinajstić information content (AvgIpc) is 2.61. The molecule has 0 aliphatic heterocycles. The molecule has 0 amide bonds. The standard InChI is InChI=1S/C11H21ClN4/c1-3-9-11(12)10(16(4-2)15-9)8-14-7-5-6-13/h14H,3-8,13H2,1-2H3. The molecule has 4 nitrogen and oxygen atoms in total. The lowest BCUT2D eigenvalue weighted by molar-refractivity contribution is 0.572. The maximum absolute atomic E-state index is 6.27. The van der Waals surface area contributed by atoms with Crippen LogP contribution in [0.4, 0.5) is 0 Å². The van der Waals surface area contributed by atoms with Gasteiger partial charge in [-0.2, -0.15) is 5.10 Å². The van der Waals surface area contributed by atoms with Crippen molar-refractivity contribution in [3.63, 3.8) is 0 Å². The molecule has 1 rings (SSSR count). The second-order valence-electron chi connectivity index (χ2n) is 3.70. The van der Waals surface area contributed by atoms with Crippen LogP contribution in [0.5, 0.6) is 0 Å². The molecule has 5 heteroatoms. The Morgan fingerprint density at radius 2 is 2.19 bits per heavy atom. The molecule has 3 N–H and O–H groups in total. The predicted octanol–water partition coefficient (Wildman–Crippen LogP) is 1.56. The normalized spacial score (nSPS) is 11.0. The first-order chi connectivity index (χ1) is 7.74. The van der Waals surface area contributed by atoms with Crippen LogP contribution in [0.1, 0.15) is 31.7 Å². The third-order valence-corrected chi connectivity index (χ3v) is 2.98. The van der Waals surface area contributed by atoms with Crippen LogP contribution in [-0.4, -0.2) is 22.9 Å². The Bertz CT molecular complexity index is 322. The Morgan fingerprint density at radius 1 is 1.44 bits per heavy atom. The Labute approximate surface area is 102 Å². The van der Waals surface area contributed by atoms with E-state index in [9.17, 15) is 0 Å². The summed E-state index contributed by atoms with van der Waals surface area (Å²) < 4.78 is 1.97. The van der Waals surface area contributed by atoms with Gasteiger partial charge in [0.05, 0.1) is 16.4 Å². The molecule has 0 bridgehead atoms. The maximum atomic E-state index is 6.27. The van der Waals surface area contributed by atoms with Crippen LogP contribution in [-0.2, 0) is 19.5 Å². The molecule has 1 heterocycles. The van der Waals surface area contributed by atoms with Gasteiger partial charge in [-0.05, 0) is 32.9 Å². The minimum atomic E-state index is 0.716. The van der Waals surface area contributed by atoms with Crippen molar-refractivity contribution in [1.82, 2.24) is 15.1 Å². The summed E-state index contributed by atoms with van der Waals surface area (Å²) in [6, 6.07) is 0. The van der Waals surface area contributed by atoms with Crippen molar-refractivity contribution in [1.29, 1.82) is 0 Å². The number of aromatic nitrogens is 2. The molecule has 0 spiro atoms. The van der Waals surface area contributed by atoms with Crippen LogP contribution in [0.25, 0.3) is 0 Å². The number of halogens is 1. The molecule has 0 fully saturated rings. The van der Waals surface area contributed by atoms with Gasteiger partial charge in [0.1, 0.15) is 0 Å². The van der Waals surface area contributed by atoms with E-state index in [2.05, 4.69) is 24.3 Å². The zero-order valence-electron chi connectivity index (χ0n) is 10.1. The van der Waals surface area contributed by atoms with E-state index < -0.39 is 0 Å². The highest BCUT2D eigenvalue weighted by molar-refractivity contribution is 6.31. The van der Waals surface area contributed by atoms with Crippen LogP contribution < -0.4 is 11.1 Å². The Balaban J connectivity index is 2.65. The summed E-state index contributed by atoms with van der Waals surface area (Å²) >= 11 is 6.27. The van der Waals surface area contributed by atoms with Crippen molar-refractivity contribution in [2.45, 2.75) is 39.8 Å². The highest BCUT2D eigenvalue weighted by Gasteiger charge is 2.13. The van der Waals surface area contributed by atoms with Crippen molar-refractivity contribution in [3.8, 4) is 0 Å². The summed E-state index contributed by atoms with van der Waals surface area (Å²) in [6.45, 7) is 7.40. The zero-order valence-corrected chi connectivity index (χ0v) is 10.8. The quantitative estimate of drug-likeness (QED) is 0.716. The van der Waals surface area contributed by atoms with Crippen LogP contribution in [0.2, 0.25) is 5.02 Å². The molecule has 0 atom stereocenters. The maximum Gasteiger partial charge on any atom is 0.0863 e. The van der Waals surface area contributed by atoms with E-state index >= 15 is 0 Å². The summed E-state index contributed by atoms with van der Waals surface area (Å²) in [6.07, 6.45) is 1.86. The molecule has 92 valence electrons. The first kappa shape index (κ1) is 13.5. The number of nitrogens with two attached hydrogens (primary N) is 1. The van der Waals surface area contributed by atoms with Crippen LogP contribution >= 0.6 is 11.6 Å². The second-order valence-corrected chi connectivity index (χ2v) is 4.07. The van der Waals surface area contributed by atoms with Crippen molar-refractivity contribution in [3.05, 3.63) is 16.4 Å². The molecule has 0 aliphatic rings. The van der Waals surface area contributed by atoms with Crippen LogP contribution in [0, 0.1) is 0 Å². The topological polar surface area (TPSA) is 55.9 Å². The van der Waals surface area contributed by atoms with Gasteiger partial charge in [-0.25, -0.2) is 0 Å². The summed E-state index contributed by atoms with van der Waals surface area (Å²) in [5.74, 6) is 0. The Kier molecular flexibility index (Phi) is 5.80. The smallest absolute Gasteiger partial charge is 0.0863 e. The van der Waals surface area contributed by atoms with Gasteiger partial charge in [0.25, 0.3) is 0 Å². The highest BCUT2D eigenvalue weighted by Crippen LogP contribution is 2.21. The molecular formula is C11H21ClN4. The molecule has 0 saturated heterocycles. The molecular weight excluding hydrogens is 224 g/mol. The van der Waals surface area contributed by atoms with E-state index in [1.54, 1.807) is 0 Å². The monoisotopic (exact) mass is 244 g/mol. The fourth-order valence-electron chi connectivity index (χ4n) is 1.62. The third-order valence-electron chi connectivity index (χ3n) is 2.54. The molecule has 0 radical (unpaired) electrons. The molecule has 1 aromatic rings. The Hall–Kier alpha value is -0.580. The fraction of sp³-hybridized carbons (Fsp3) is 0.727. The first-order valence-electron chi connectivity index (χ1n) is 5.89. The van der Waals surface area contributed by atoms with Gasteiger partial charge in [-0.1, -0.05) is 18.5 Å².